The van der Waals surface area contributed by atoms with Crippen LogP contribution in [-0.2, 0) is 14.3 Å². The molecule has 0 saturated heterocycles. The molecule has 0 bridgehead atoms. The highest BCUT2D eigenvalue weighted by Crippen LogP contribution is 2.36. The molecule has 0 radical (unpaired) electrons. The summed E-state index contributed by atoms with van der Waals surface area (Å²) >= 11 is 18.0. The quantitative estimate of drug-likeness (QED) is 0.453. The molecule has 0 spiro atoms. The number of hydrogen-bond donors (Lipinski definition) is 1. The Morgan fingerprint density at radius 2 is 1.76 bits per heavy atom. The van der Waals surface area contributed by atoms with Gasteiger partial charge in [0, 0.05) is 11.1 Å². The molecule has 1 unspecified atom stereocenters. The van der Waals surface area contributed by atoms with Gasteiger partial charge in [-0.1, -0.05) is 34.8 Å². The van der Waals surface area contributed by atoms with E-state index in [1.165, 1.54) is 39.4 Å². The summed E-state index contributed by atoms with van der Waals surface area (Å²) in [6.45, 7) is 1.44. The van der Waals surface area contributed by atoms with Gasteiger partial charge >= 0.3 is 5.97 Å². The summed E-state index contributed by atoms with van der Waals surface area (Å²) in [5, 5.41) is 3.61. The Kier molecular flexibility index (Phi) is 8.20. The molecule has 0 aliphatic carbocycles. The second-order valence-corrected chi connectivity index (χ2v) is 7.01. The van der Waals surface area contributed by atoms with Crippen LogP contribution in [0.2, 0.25) is 15.1 Å². The number of benzene rings is 2. The fraction of sp³-hybridized carbons (Fsp3) is 0.200. The Balaban J connectivity index is 2.01. The van der Waals surface area contributed by atoms with Crippen LogP contribution in [0.15, 0.2) is 36.4 Å². The number of ether oxygens (including phenoxy) is 3. The minimum Gasteiger partial charge on any atom is -0.493 e. The number of hydrogen-bond acceptors (Lipinski definition) is 5. The van der Waals surface area contributed by atoms with E-state index in [-0.39, 0.29) is 0 Å². The van der Waals surface area contributed by atoms with Gasteiger partial charge < -0.3 is 19.5 Å². The first kappa shape index (κ1) is 22.9. The van der Waals surface area contributed by atoms with E-state index < -0.39 is 18.0 Å². The van der Waals surface area contributed by atoms with Crippen molar-refractivity contribution in [2.24, 2.45) is 0 Å². The van der Waals surface area contributed by atoms with Gasteiger partial charge in [-0.2, -0.15) is 0 Å². The highest BCUT2D eigenvalue weighted by atomic mass is 35.5. The van der Waals surface area contributed by atoms with Crippen molar-refractivity contribution in [2.45, 2.75) is 13.0 Å². The highest BCUT2D eigenvalue weighted by molar-refractivity contribution is 6.35. The number of carbonyl (C=O) groups excluding carboxylic acids is 2. The number of anilines is 1. The van der Waals surface area contributed by atoms with Crippen LogP contribution in [0.3, 0.4) is 0 Å². The van der Waals surface area contributed by atoms with E-state index in [4.69, 9.17) is 49.0 Å². The third kappa shape index (κ3) is 6.29. The molecule has 1 N–H and O–H groups in total. The first-order valence-electron chi connectivity index (χ1n) is 8.31. The lowest BCUT2D eigenvalue weighted by molar-refractivity contribution is -0.148. The van der Waals surface area contributed by atoms with Gasteiger partial charge in [-0.15, -0.1) is 0 Å². The van der Waals surface area contributed by atoms with Crippen molar-refractivity contribution in [1.29, 1.82) is 0 Å². The van der Waals surface area contributed by atoms with E-state index in [1.807, 2.05) is 0 Å². The number of methoxy groups -OCH3 is 2. The zero-order valence-electron chi connectivity index (χ0n) is 15.8. The molecule has 29 heavy (non-hydrogen) atoms. The molecule has 2 aromatic carbocycles. The van der Waals surface area contributed by atoms with E-state index in [0.717, 1.165) is 0 Å². The molecule has 2 aromatic rings. The van der Waals surface area contributed by atoms with Crippen molar-refractivity contribution < 1.29 is 23.8 Å². The number of carbonyl (C=O) groups is 2. The maximum Gasteiger partial charge on any atom is 0.331 e. The molecule has 2 rings (SSSR count). The molecule has 1 amide bonds. The maximum absolute atomic E-state index is 12.2. The SMILES string of the molecule is COc1cc(/C=C/C(=O)OC(C)C(=O)Nc2cc(Cl)ccc2Cl)cc(Cl)c1OC. The van der Waals surface area contributed by atoms with Crippen LogP contribution < -0.4 is 14.8 Å². The molecule has 0 aliphatic rings. The molecule has 1 atom stereocenters. The maximum atomic E-state index is 12.2. The van der Waals surface area contributed by atoms with Crippen LogP contribution in [0.5, 0.6) is 11.5 Å². The van der Waals surface area contributed by atoms with Crippen molar-refractivity contribution in [3.63, 3.8) is 0 Å². The molecule has 0 fully saturated rings. The molecule has 9 heteroatoms. The second-order valence-electron chi connectivity index (χ2n) is 5.76. The molecule has 0 aromatic heterocycles. The average Bonchev–Trinajstić information content (AvgIpc) is 2.68. The molecule has 0 saturated carbocycles. The van der Waals surface area contributed by atoms with Crippen LogP contribution in [-0.4, -0.2) is 32.2 Å². The number of amides is 1. The van der Waals surface area contributed by atoms with E-state index in [2.05, 4.69) is 5.32 Å². The first-order chi connectivity index (χ1) is 13.7. The van der Waals surface area contributed by atoms with Crippen molar-refractivity contribution in [3.05, 3.63) is 57.0 Å². The Labute approximate surface area is 183 Å². The molecular formula is C20H18Cl3NO5. The summed E-state index contributed by atoms with van der Waals surface area (Å²) in [4.78, 5) is 24.3. The lowest BCUT2D eigenvalue weighted by Crippen LogP contribution is -2.29. The van der Waals surface area contributed by atoms with Crippen LogP contribution in [0, 0.1) is 0 Å². The first-order valence-corrected chi connectivity index (χ1v) is 9.44. The van der Waals surface area contributed by atoms with E-state index in [9.17, 15) is 9.59 Å². The summed E-state index contributed by atoms with van der Waals surface area (Å²) in [7, 11) is 2.95. The minimum absolute atomic E-state index is 0.312. The molecular weight excluding hydrogens is 441 g/mol. The summed E-state index contributed by atoms with van der Waals surface area (Å²) in [6, 6.07) is 7.88. The predicted octanol–water partition coefficient (Wildman–Crippen LogP) is 5.25. The molecule has 0 heterocycles. The van der Waals surface area contributed by atoms with Crippen molar-refractivity contribution in [3.8, 4) is 11.5 Å². The zero-order chi connectivity index (χ0) is 21.6. The van der Waals surface area contributed by atoms with Crippen molar-refractivity contribution in [2.75, 3.05) is 19.5 Å². The average molecular weight is 459 g/mol. The largest absolute Gasteiger partial charge is 0.493 e. The molecule has 0 aliphatic heterocycles. The van der Waals surface area contributed by atoms with Gasteiger partial charge in [0.1, 0.15) is 0 Å². The highest BCUT2D eigenvalue weighted by Gasteiger charge is 2.18. The van der Waals surface area contributed by atoms with Gasteiger partial charge in [-0.25, -0.2) is 4.79 Å². The Morgan fingerprint density at radius 3 is 2.41 bits per heavy atom. The Bertz CT molecular complexity index is 946. The number of rotatable bonds is 7. The minimum atomic E-state index is -1.06. The summed E-state index contributed by atoms with van der Waals surface area (Å²) in [5.41, 5.74) is 0.912. The monoisotopic (exact) mass is 457 g/mol. The van der Waals surface area contributed by atoms with E-state index in [1.54, 1.807) is 24.3 Å². The topological polar surface area (TPSA) is 73.9 Å². The van der Waals surface area contributed by atoms with Gasteiger partial charge in [-0.05, 0) is 48.9 Å². The normalized spacial score (nSPS) is 11.8. The van der Waals surface area contributed by atoms with Crippen LogP contribution in [0.25, 0.3) is 6.08 Å². The fourth-order valence-corrected chi connectivity index (χ4v) is 2.93. The standard InChI is InChI=1S/C20H18Cl3NO5/c1-11(20(26)24-16-10-13(21)5-6-14(16)22)29-18(25)7-4-12-8-15(23)19(28-3)17(9-12)27-2/h4-11H,1-3H3,(H,24,26)/b7-4+. The third-order valence-electron chi connectivity index (χ3n) is 3.72. The van der Waals surface area contributed by atoms with Crippen molar-refractivity contribution >= 4 is 58.4 Å². The summed E-state index contributed by atoms with van der Waals surface area (Å²) in [5.74, 6) is -0.459. The second kappa shape index (κ2) is 10.4. The van der Waals surface area contributed by atoms with Crippen LogP contribution in [0.4, 0.5) is 5.69 Å². The van der Waals surface area contributed by atoms with Gasteiger partial charge in [0.2, 0.25) is 0 Å². The summed E-state index contributed by atoms with van der Waals surface area (Å²) < 4.78 is 15.5. The van der Waals surface area contributed by atoms with Gasteiger partial charge in [0.15, 0.2) is 17.6 Å². The lowest BCUT2D eigenvalue weighted by atomic mass is 10.2. The van der Waals surface area contributed by atoms with Crippen molar-refractivity contribution in [1.82, 2.24) is 0 Å². The van der Waals surface area contributed by atoms with E-state index >= 15 is 0 Å². The third-order valence-corrected chi connectivity index (χ3v) is 4.56. The number of esters is 1. The van der Waals surface area contributed by atoms with Gasteiger partial charge in [0.25, 0.3) is 5.91 Å². The van der Waals surface area contributed by atoms with Crippen LogP contribution >= 0.6 is 34.8 Å². The molecule has 6 nitrogen and oxygen atoms in total. The smallest absolute Gasteiger partial charge is 0.331 e. The Morgan fingerprint density at radius 1 is 1.03 bits per heavy atom. The number of nitrogens with one attached hydrogen (secondary N) is 1. The summed E-state index contributed by atoms with van der Waals surface area (Å²) in [6.07, 6.45) is 1.60. The molecule has 154 valence electrons. The zero-order valence-corrected chi connectivity index (χ0v) is 18.1. The van der Waals surface area contributed by atoms with Crippen LogP contribution in [0.1, 0.15) is 12.5 Å². The fourth-order valence-electron chi connectivity index (χ4n) is 2.29. The van der Waals surface area contributed by atoms with Gasteiger partial charge in [0.05, 0.1) is 30.0 Å². The van der Waals surface area contributed by atoms with E-state index in [0.29, 0.717) is 37.8 Å². The Hall–Kier alpha value is -2.41. The predicted molar refractivity (Wildman–Crippen MR) is 114 cm³/mol. The number of halogens is 3. The van der Waals surface area contributed by atoms with Gasteiger partial charge in [-0.3, -0.25) is 4.79 Å². The lowest BCUT2D eigenvalue weighted by Gasteiger charge is -2.13.